The maximum absolute atomic E-state index is 11.1. The van der Waals surface area contributed by atoms with Crippen molar-refractivity contribution >= 4 is 5.91 Å². The van der Waals surface area contributed by atoms with E-state index in [4.69, 9.17) is 0 Å². The summed E-state index contributed by atoms with van der Waals surface area (Å²) >= 11 is 0. The zero-order chi connectivity index (χ0) is 8.48. The van der Waals surface area contributed by atoms with Gasteiger partial charge in [-0.25, -0.2) is 0 Å². The van der Waals surface area contributed by atoms with Crippen molar-refractivity contribution in [3.63, 3.8) is 0 Å². The Morgan fingerprint density at radius 2 is 2.08 bits per heavy atom. The van der Waals surface area contributed by atoms with Crippen molar-refractivity contribution in [2.45, 2.75) is 41.0 Å². The summed E-state index contributed by atoms with van der Waals surface area (Å²) in [4.78, 5) is 11.1. The van der Waals surface area contributed by atoms with Crippen molar-refractivity contribution in [2.75, 3.05) is 6.54 Å². The quantitative estimate of drug-likeness (QED) is 0.644. The Kier molecular flexibility index (Phi) is 3.75. The Hall–Kier alpha value is -0.530. The van der Waals surface area contributed by atoms with E-state index >= 15 is 0 Å². The lowest BCUT2D eigenvalue weighted by atomic mass is 9.84. The molecule has 1 unspecified atom stereocenters. The molecule has 1 atom stereocenters. The molecule has 1 N–H and O–H groups in total. The van der Waals surface area contributed by atoms with E-state index in [0.717, 1.165) is 19.4 Å². The van der Waals surface area contributed by atoms with Crippen LogP contribution in [-0.2, 0) is 4.79 Å². The molecule has 0 aromatic carbocycles. The standard InChI is InChI=1S/C9H17NO.CH4/c1-9(2,3)6-7-4-5-10-8(7)11;/h7H,4-6H2,1-3H3,(H,10,11);1H4. The van der Waals surface area contributed by atoms with E-state index in [1.807, 2.05) is 0 Å². The Bertz CT molecular complexity index is 158. The van der Waals surface area contributed by atoms with Gasteiger partial charge in [-0.1, -0.05) is 28.2 Å². The summed E-state index contributed by atoms with van der Waals surface area (Å²) in [5.41, 5.74) is 0.284. The molecule has 1 aliphatic heterocycles. The summed E-state index contributed by atoms with van der Waals surface area (Å²) in [7, 11) is 0. The molecule has 0 saturated carbocycles. The third-order valence-corrected chi connectivity index (χ3v) is 2.02. The Morgan fingerprint density at radius 1 is 1.50 bits per heavy atom. The summed E-state index contributed by atoms with van der Waals surface area (Å²) in [5, 5.41) is 2.85. The highest BCUT2D eigenvalue weighted by Crippen LogP contribution is 2.27. The van der Waals surface area contributed by atoms with Crippen LogP contribution in [0.3, 0.4) is 0 Å². The van der Waals surface area contributed by atoms with Crippen molar-refractivity contribution in [1.82, 2.24) is 5.32 Å². The molecule has 0 radical (unpaired) electrons. The van der Waals surface area contributed by atoms with Crippen molar-refractivity contribution in [2.24, 2.45) is 11.3 Å². The first-order chi connectivity index (χ1) is 4.99. The second kappa shape index (κ2) is 3.92. The monoisotopic (exact) mass is 171 g/mol. The molecule has 1 rings (SSSR count). The van der Waals surface area contributed by atoms with E-state index in [0.29, 0.717) is 0 Å². The minimum absolute atomic E-state index is 0. The maximum atomic E-state index is 11.1. The van der Waals surface area contributed by atoms with E-state index in [2.05, 4.69) is 26.1 Å². The Morgan fingerprint density at radius 3 is 2.42 bits per heavy atom. The molecular formula is C10H21NO. The van der Waals surface area contributed by atoms with Gasteiger partial charge in [0, 0.05) is 12.5 Å². The molecule has 0 bridgehead atoms. The van der Waals surface area contributed by atoms with E-state index in [1.54, 1.807) is 0 Å². The zero-order valence-corrected chi connectivity index (χ0v) is 7.61. The molecule has 1 fully saturated rings. The van der Waals surface area contributed by atoms with Gasteiger partial charge in [0.15, 0.2) is 0 Å². The lowest BCUT2D eigenvalue weighted by Crippen LogP contribution is -2.22. The minimum Gasteiger partial charge on any atom is -0.356 e. The van der Waals surface area contributed by atoms with Crippen molar-refractivity contribution < 1.29 is 4.79 Å². The predicted octanol–water partition coefficient (Wildman–Crippen LogP) is 2.19. The van der Waals surface area contributed by atoms with E-state index < -0.39 is 0 Å². The van der Waals surface area contributed by atoms with Crippen LogP contribution in [-0.4, -0.2) is 12.5 Å². The van der Waals surface area contributed by atoms with Crippen LogP contribution >= 0.6 is 0 Å². The smallest absolute Gasteiger partial charge is 0.223 e. The fraction of sp³-hybridized carbons (Fsp3) is 0.900. The van der Waals surface area contributed by atoms with Crippen molar-refractivity contribution in [3.05, 3.63) is 0 Å². The largest absolute Gasteiger partial charge is 0.356 e. The second-order valence-corrected chi connectivity index (χ2v) is 4.54. The van der Waals surface area contributed by atoms with Crippen LogP contribution in [0.2, 0.25) is 0 Å². The first kappa shape index (κ1) is 11.5. The van der Waals surface area contributed by atoms with Gasteiger partial charge < -0.3 is 5.32 Å². The summed E-state index contributed by atoms with van der Waals surface area (Å²) in [6.45, 7) is 7.41. The van der Waals surface area contributed by atoms with Gasteiger partial charge in [0.1, 0.15) is 0 Å². The molecular weight excluding hydrogens is 150 g/mol. The Balaban J connectivity index is 0.00000121. The molecule has 1 saturated heterocycles. The van der Waals surface area contributed by atoms with Crippen LogP contribution in [0.25, 0.3) is 0 Å². The molecule has 12 heavy (non-hydrogen) atoms. The first-order valence-electron chi connectivity index (χ1n) is 4.27. The minimum atomic E-state index is 0. The number of carbonyl (C=O) groups is 1. The molecule has 0 aromatic heterocycles. The Labute approximate surface area is 75.7 Å². The molecule has 1 heterocycles. The molecule has 2 heteroatoms. The molecule has 72 valence electrons. The molecule has 1 amide bonds. The van der Waals surface area contributed by atoms with Gasteiger partial charge in [-0.2, -0.15) is 0 Å². The first-order valence-corrected chi connectivity index (χ1v) is 4.27. The van der Waals surface area contributed by atoms with Gasteiger partial charge >= 0.3 is 0 Å². The van der Waals surface area contributed by atoms with Crippen LogP contribution in [0.15, 0.2) is 0 Å². The van der Waals surface area contributed by atoms with Gasteiger partial charge in [0.25, 0.3) is 0 Å². The molecule has 0 spiro atoms. The third-order valence-electron chi connectivity index (χ3n) is 2.02. The number of hydrogen-bond acceptors (Lipinski definition) is 1. The number of hydrogen-bond donors (Lipinski definition) is 1. The number of rotatable bonds is 1. The zero-order valence-electron chi connectivity index (χ0n) is 7.61. The third kappa shape index (κ3) is 3.24. The summed E-state index contributed by atoms with van der Waals surface area (Å²) in [6, 6.07) is 0. The van der Waals surface area contributed by atoms with Gasteiger partial charge in [-0.05, 0) is 18.3 Å². The van der Waals surface area contributed by atoms with E-state index in [9.17, 15) is 4.79 Å². The molecule has 2 nitrogen and oxygen atoms in total. The van der Waals surface area contributed by atoms with Crippen LogP contribution in [0.1, 0.15) is 41.0 Å². The maximum Gasteiger partial charge on any atom is 0.223 e. The van der Waals surface area contributed by atoms with Crippen molar-refractivity contribution in [1.29, 1.82) is 0 Å². The number of carbonyl (C=O) groups excluding carboxylic acids is 1. The second-order valence-electron chi connectivity index (χ2n) is 4.54. The number of nitrogens with one attached hydrogen (secondary N) is 1. The topological polar surface area (TPSA) is 29.1 Å². The van der Waals surface area contributed by atoms with Gasteiger partial charge in [-0.15, -0.1) is 0 Å². The van der Waals surface area contributed by atoms with Crippen LogP contribution in [0.5, 0.6) is 0 Å². The van der Waals surface area contributed by atoms with Crippen LogP contribution < -0.4 is 5.32 Å². The van der Waals surface area contributed by atoms with E-state index in [-0.39, 0.29) is 24.7 Å². The number of amides is 1. The average molecular weight is 171 g/mol. The van der Waals surface area contributed by atoms with Gasteiger partial charge in [0.2, 0.25) is 5.91 Å². The average Bonchev–Trinajstić information content (AvgIpc) is 2.12. The normalized spacial score (nSPS) is 23.2. The fourth-order valence-electron chi connectivity index (χ4n) is 1.58. The summed E-state index contributed by atoms with van der Waals surface area (Å²) in [5.74, 6) is 0.523. The van der Waals surface area contributed by atoms with Crippen LogP contribution in [0.4, 0.5) is 0 Å². The van der Waals surface area contributed by atoms with Gasteiger partial charge in [-0.3, -0.25) is 4.79 Å². The van der Waals surface area contributed by atoms with Gasteiger partial charge in [0.05, 0.1) is 0 Å². The summed E-state index contributed by atoms with van der Waals surface area (Å²) in [6.07, 6.45) is 2.04. The highest BCUT2D eigenvalue weighted by Gasteiger charge is 2.28. The lowest BCUT2D eigenvalue weighted by molar-refractivity contribution is -0.123. The fourth-order valence-corrected chi connectivity index (χ4v) is 1.58. The van der Waals surface area contributed by atoms with Crippen LogP contribution in [0, 0.1) is 11.3 Å². The molecule has 0 aliphatic carbocycles. The predicted molar refractivity (Wildman–Crippen MR) is 51.9 cm³/mol. The lowest BCUT2D eigenvalue weighted by Gasteiger charge is -2.20. The highest BCUT2D eigenvalue weighted by atomic mass is 16.2. The summed E-state index contributed by atoms with van der Waals surface area (Å²) < 4.78 is 0. The molecule has 0 aromatic rings. The SMILES string of the molecule is C.CC(C)(C)CC1CCNC1=O. The molecule has 1 aliphatic rings. The van der Waals surface area contributed by atoms with E-state index in [1.165, 1.54) is 0 Å². The highest BCUT2D eigenvalue weighted by molar-refractivity contribution is 5.80. The van der Waals surface area contributed by atoms with Crippen molar-refractivity contribution in [3.8, 4) is 0 Å².